The highest BCUT2D eigenvalue weighted by molar-refractivity contribution is 5.73. The van der Waals surface area contributed by atoms with E-state index in [0.29, 0.717) is 6.42 Å². The Bertz CT molecular complexity index is 158. The third-order valence-corrected chi connectivity index (χ3v) is 1.71. The van der Waals surface area contributed by atoms with Crippen LogP contribution in [0.4, 0.5) is 0 Å². The molecule has 1 atom stereocenters. The minimum absolute atomic E-state index is 0.0628. The zero-order valence-electron chi connectivity index (χ0n) is 8.59. The Hall–Kier alpha value is -0.570. The van der Waals surface area contributed by atoms with Crippen LogP contribution in [0.2, 0.25) is 0 Å². The molecule has 0 saturated carbocycles. The molecule has 0 heterocycles. The van der Waals surface area contributed by atoms with Crippen molar-refractivity contribution in [1.29, 1.82) is 0 Å². The van der Waals surface area contributed by atoms with Gasteiger partial charge in [-0.1, -0.05) is 20.8 Å². The van der Waals surface area contributed by atoms with Gasteiger partial charge in [-0.25, -0.2) is 0 Å². The van der Waals surface area contributed by atoms with Gasteiger partial charge in [-0.3, -0.25) is 9.69 Å². The maximum absolute atomic E-state index is 10.8. The van der Waals surface area contributed by atoms with E-state index >= 15 is 0 Å². The predicted molar refractivity (Wildman–Crippen MR) is 49.2 cm³/mol. The van der Waals surface area contributed by atoms with Crippen LogP contribution in [0.1, 0.15) is 27.2 Å². The lowest BCUT2D eigenvalue weighted by Gasteiger charge is -2.27. The molecule has 0 amide bonds. The molecule has 0 saturated heterocycles. The van der Waals surface area contributed by atoms with Crippen LogP contribution >= 0.6 is 0 Å². The molecular weight excluding hydrogens is 154 g/mol. The van der Waals surface area contributed by atoms with Crippen LogP contribution in [-0.4, -0.2) is 36.1 Å². The molecule has 0 aliphatic rings. The van der Waals surface area contributed by atoms with E-state index < -0.39 is 5.97 Å². The normalized spacial score (nSPS) is 14.8. The van der Waals surface area contributed by atoms with Crippen LogP contribution in [-0.2, 0) is 4.79 Å². The minimum Gasteiger partial charge on any atom is -0.480 e. The average molecular weight is 173 g/mol. The fraction of sp³-hybridized carbons (Fsp3) is 0.889. The summed E-state index contributed by atoms with van der Waals surface area (Å²) in [7, 11) is 3.59. The first-order valence-corrected chi connectivity index (χ1v) is 4.13. The largest absolute Gasteiger partial charge is 0.480 e. The Morgan fingerprint density at radius 3 is 1.92 bits per heavy atom. The van der Waals surface area contributed by atoms with Gasteiger partial charge in [0.25, 0.3) is 0 Å². The van der Waals surface area contributed by atoms with E-state index in [0.717, 1.165) is 0 Å². The van der Waals surface area contributed by atoms with Crippen molar-refractivity contribution in [2.75, 3.05) is 14.1 Å². The van der Waals surface area contributed by atoms with Gasteiger partial charge in [-0.15, -0.1) is 0 Å². The maximum atomic E-state index is 10.8. The second-order valence-corrected chi connectivity index (χ2v) is 4.58. The Morgan fingerprint density at radius 2 is 1.83 bits per heavy atom. The molecule has 3 heteroatoms. The molecule has 1 N–H and O–H groups in total. The predicted octanol–water partition coefficient (Wildman–Crippen LogP) is 1.44. The zero-order valence-corrected chi connectivity index (χ0v) is 8.59. The van der Waals surface area contributed by atoms with Gasteiger partial charge in [0.05, 0.1) is 0 Å². The smallest absolute Gasteiger partial charge is 0.320 e. The molecule has 0 spiro atoms. The number of rotatable bonds is 3. The molecule has 0 aromatic rings. The topological polar surface area (TPSA) is 40.5 Å². The van der Waals surface area contributed by atoms with E-state index in [1.807, 2.05) is 20.8 Å². The van der Waals surface area contributed by atoms with Crippen LogP contribution in [0.15, 0.2) is 0 Å². The van der Waals surface area contributed by atoms with Gasteiger partial charge in [-0.2, -0.15) is 0 Å². The van der Waals surface area contributed by atoms with Gasteiger partial charge in [-0.05, 0) is 25.9 Å². The summed E-state index contributed by atoms with van der Waals surface area (Å²) in [5, 5.41) is 8.87. The first kappa shape index (κ1) is 11.4. The summed E-state index contributed by atoms with van der Waals surface area (Å²) < 4.78 is 0. The fourth-order valence-electron chi connectivity index (χ4n) is 1.07. The van der Waals surface area contributed by atoms with Crippen molar-refractivity contribution in [2.24, 2.45) is 5.41 Å². The van der Waals surface area contributed by atoms with Crippen LogP contribution in [0.3, 0.4) is 0 Å². The average Bonchev–Trinajstić information content (AvgIpc) is 1.79. The van der Waals surface area contributed by atoms with Gasteiger partial charge in [0.2, 0.25) is 0 Å². The van der Waals surface area contributed by atoms with Crippen LogP contribution in [0, 0.1) is 5.41 Å². The van der Waals surface area contributed by atoms with Crippen molar-refractivity contribution in [3.63, 3.8) is 0 Å². The summed E-state index contributed by atoms with van der Waals surface area (Å²) in [5.41, 5.74) is 0.0628. The minimum atomic E-state index is -0.741. The Morgan fingerprint density at radius 1 is 1.42 bits per heavy atom. The molecule has 12 heavy (non-hydrogen) atoms. The number of likely N-dealkylation sites (N-methyl/N-ethyl adjacent to an activating group) is 1. The molecule has 72 valence electrons. The lowest BCUT2D eigenvalue weighted by molar-refractivity contribution is -0.143. The van der Waals surface area contributed by atoms with Gasteiger partial charge < -0.3 is 5.11 Å². The van der Waals surface area contributed by atoms with Gasteiger partial charge >= 0.3 is 5.97 Å². The third-order valence-electron chi connectivity index (χ3n) is 1.71. The van der Waals surface area contributed by atoms with Crippen molar-refractivity contribution in [2.45, 2.75) is 33.2 Å². The SMILES string of the molecule is CN(C)[C@@H](CC(C)(C)C)C(=O)O. The number of carboxylic acid groups (broad SMARTS) is 1. The quantitative estimate of drug-likeness (QED) is 0.702. The maximum Gasteiger partial charge on any atom is 0.320 e. The number of hydrogen-bond donors (Lipinski definition) is 1. The standard InChI is InChI=1S/C9H19NO2/c1-9(2,3)6-7(8(11)12)10(4)5/h7H,6H2,1-5H3,(H,11,12)/t7-/m0/s1. The van der Waals surface area contributed by atoms with E-state index in [-0.39, 0.29) is 11.5 Å². The lowest BCUT2D eigenvalue weighted by atomic mass is 9.88. The summed E-state index contributed by atoms with van der Waals surface area (Å²) in [6.45, 7) is 6.14. The van der Waals surface area contributed by atoms with Crippen molar-refractivity contribution >= 4 is 5.97 Å². The molecule has 0 fully saturated rings. The Kier molecular flexibility index (Phi) is 3.71. The van der Waals surface area contributed by atoms with Gasteiger partial charge in [0.1, 0.15) is 6.04 Å². The second-order valence-electron chi connectivity index (χ2n) is 4.58. The first-order valence-electron chi connectivity index (χ1n) is 4.13. The monoisotopic (exact) mass is 173 g/mol. The summed E-state index contributed by atoms with van der Waals surface area (Å²) in [6, 6.07) is -0.370. The highest BCUT2D eigenvalue weighted by Crippen LogP contribution is 2.22. The van der Waals surface area contributed by atoms with E-state index in [4.69, 9.17) is 5.11 Å². The van der Waals surface area contributed by atoms with E-state index in [1.54, 1.807) is 19.0 Å². The molecule has 3 nitrogen and oxygen atoms in total. The number of aliphatic carboxylic acids is 1. The van der Waals surface area contributed by atoms with Crippen molar-refractivity contribution in [1.82, 2.24) is 4.90 Å². The molecule has 0 unspecified atom stereocenters. The number of carbonyl (C=O) groups is 1. The zero-order chi connectivity index (χ0) is 9.94. The first-order chi connectivity index (χ1) is 5.24. The molecule has 0 aromatic carbocycles. The summed E-state index contributed by atoms with van der Waals surface area (Å²) in [5.74, 6) is -0.741. The summed E-state index contributed by atoms with van der Waals surface area (Å²) >= 11 is 0. The summed E-state index contributed by atoms with van der Waals surface area (Å²) in [4.78, 5) is 12.5. The van der Waals surface area contributed by atoms with Gasteiger partial charge in [0.15, 0.2) is 0 Å². The molecule has 0 aliphatic carbocycles. The van der Waals surface area contributed by atoms with Crippen molar-refractivity contribution < 1.29 is 9.90 Å². The highest BCUT2D eigenvalue weighted by Gasteiger charge is 2.25. The molecule has 0 rings (SSSR count). The molecule has 0 radical (unpaired) electrons. The number of nitrogens with zero attached hydrogens (tertiary/aromatic N) is 1. The second kappa shape index (κ2) is 3.90. The van der Waals surface area contributed by atoms with Crippen LogP contribution < -0.4 is 0 Å². The number of carboxylic acids is 1. The van der Waals surface area contributed by atoms with Gasteiger partial charge in [0, 0.05) is 0 Å². The van der Waals surface area contributed by atoms with E-state index in [9.17, 15) is 4.79 Å². The van der Waals surface area contributed by atoms with Crippen LogP contribution in [0.5, 0.6) is 0 Å². The highest BCUT2D eigenvalue weighted by atomic mass is 16.4. The summed E-state index contributed by atoms with van der Waals surface area (Å²) in [6.07, 6.45) is 0.676. The Balaban J connectivity index is 4.25. The molecular formula is C9H19NO2. The lowest BCUT2D eigenvalue weighted by Crippen LogP contribution is -2.38. The van der Waals surface area contributed by atoms with E-state index in [1.165, 1.54) is 0 Å². The molecule has 0 aromatic heterocycles. The Labute approximate surface area is 74.4 Å². The number of hydrogen-bond acceptors (Lipinski definition) is 2. The van der Waals surface area contributed by atoms with Crippen molar-refractivity contribution in [3.8, 4) is 0 Å². The van der Waals surface area contributed by atoms with Crippen molar-refractivity contribution in [3.05, 3.63) is 0 Å². The van der Waals surface area contributed by atoms with E-state index in [2.05, 4.69) is 0 Å². The fourth-order valence-corrected chi connectivity index (χ4v) is 1.07. The molecule has 0 bridgehead atoms. The molecule has 0 aliphatic heterocycles. The third kappa shape index (κ3) is 4.34. The van der Waals surface area contributed by atoms with Crippen LogP contribution in [0.25, 0.3) is 0 Å².